The summed E-state index contributed by atoms with van der Waals surface area (Å²) in [7, 11) is 0. The zero-order valence-corrected chi connectivity index (χ0v) is 12.1. The molecule has 7 heteroatoms. The summed E-state index contributed by atoms with van der Waals surface area (Å²) in [6.07, 6.45) is 1.21. The first-order valence-corrected chi connectivity index (χ1v) is 6.46. The smallest absolute Gasteiger partial charge is 0.305 e. The Morgan fingerprint density at radius 3 is 2.58 bits per heavy atom. The van der Waals surface area contributed by atoms with Gasteiger partial charge in [0.15, 0.2) is 0 Å². The van der Waals surface area contributed by atoms with Crippen LogP contribution in [-0.2, 0) is 4.79 Å². The number of carboxylic acids is 1. The van der Waals surface area contributed by atoms with Crippen LogP contribution in [0.5, 0.6) is 0 Å². The fraction of sp³-hybridized carbons (Fsp3) is 0.417. The highest BCUT2D eigenvalue weighted by atomic mass is 35.5. The molecule has 1 aromatic rings. The lowest BCUT2D eigenvalue weighted by atomic mass is 10.1. The molecule has 0 aliphatic heterocycles. The molecule has 0 bridgehead atoms. The van der Waals surface area contributed by atoms with Gasteiger partial charge in [-0.05, 0) is 19.9 Å². The van der Waals surface area contributed by atoms with Crippen molar-refractivity contribution in [3.05, 3.63) is 28.0 Å². The monoisotopic (exact) mass is 304 g/mol. The largest absolute Gasteiger partial charge is 0.481 e. The van der Waals surface area contributed by atoms with E-state index in [9.17, 15) is 9.59 Å². The Morgan fingerprint density at radius 1 is 1.47 bits per heavy atom. The highest BCUT2D eigenvalue weighted by molar-refractivity contribution is 6.41. The van der Waals surface area contributed by atoms with Crippen molar-refractivity contribution in [1.29, 1.82) is 0 Å². The number of carbonyl (C=O) groups excluding carboxylic acids is 1. The summed E-state index contributed by atoms with van der Waals surface area (Å²) < 4.78 is 0. The Balaban J connectivity index is 2.94. The second-order valence-electron chi connectivity index (χ2n) is 4.03. The molecule has 0 radical (unpaired) electrons. The van der Waals surface area contributed by atoms with Crippen molar-refractivity contribution < 1.29 is 14.7 Å². The lowest BCUT2D eigenvalue weighted by Gasteiger charge is -2.27. The highest BCUT2D eigenvalue weighted by Crippen LogP contribution is 2.21. The van der Waals surface area contributed by atoms with Crippen LogP contribution < -0.4 is 0 Å². The van der Waals surface area contributed by atoms with E-state index < -0.39 is 12.0 Å². The molecule has 0 aliphatic carbocycles. The molecule has 104 valence electrons. The van der Waals surface area contributed by atoms with Crippen molar-refractivity contribution in [2.75, 3.05) is 6.54 Å². The normalized spacial score (nSPS) is 12.0. The van der Waals surface area contributed by atoms with Crippen LogP contribution in [0.25, 0.3) is 0 Å². The van der Waals surface area contributed by atoms with Gasteiger partial charge in [-0.25, -0.2) is 4.98 Å². The van der Waals surface area contributed by atoms with Crippen molar-refractivity contribution in [2.24, 2.45) is 0 Å². The predicted octanol–water partition coefficient (Wildman–Crippen LogP) is 2.71. The molecule has 1 aromatic heterocycles. The van der Waals surface area contributed by atoms with Crippen LogP contribution >= 0.6 is 23.2 Å². The minimum atomic E-state index is -0.953. The summed E-state index contributed by atoms with van der Waals surface area (Å²) in [5.74, 6) is -1.27. The van der Waals surface area contributed by atoms with Gasteiger partial charge in [0, 0.05) is 18.8 Å². The van der Waals surface area contributed by atoms with Crippen LogP contribution in [0.1, 0.15) is 30.6 Å². The quantitative estimate of drug-likeness (QED) is 0.849. The lowest BCUT2D eigenvalue weighted by Crippen LogP contribution is -2.39. The molecule has 0 aromatic carbocycles. The summed E-state index contributed by atoms with van der Waals surface area (Å²) in [5.41, 5.74) is 0.286. The molecule has 1 unspecified atom stereocenters. The van der Waals surface area contributed by atoms with Crippen molar-refractivity contribution in [1.82, 2.24) is 9.88 Å². The number of carboxylic acid groups (broad SMARTS) is 1. The molecule has 0 aliphatic rings. The number of aromatic nitrogens is 1. The van der Waals surface area contributed by atoms with Crippen LogP contribution in [0.3, 0.4) is 0 Å². The number of carbonyl (C=O) groups is 2. The number of aliphatic carboxylic acids is 1. The molecule has 5 nitrogen and oxygen atoms in total. The van der Waals surface area contributed by atoms with Gasteiger partial charge in [0.1, 0.15) is 5.15 Å². The predicted molar refractivity (Wildman–Crippen MR) is 72.7 cm³/mol. The number of pyridine rings is 1. The first-order valence-electron chi connectivity index (χ1n) is 5.70. The van der Waals surface area contributed by atoms with Crippen molar-refractivity contribution >= 4 is 35.1 Å². The lowest BCUT2D eigenvalue weighted by molar-refractivity contribution is -0.138. The average molecular weight is 305 g/mol. The van der Waals surface area contributed by atoms with E-state index in [0.717, 1.165) is 0 Å². The van der Waals surface area contributed by atoms with Crippen molar-refractivity contribution in [3.8, 4) is 0 Å². The number of hydrogen-bond acceptors (Lipinski definition) is 3. The summed E-state index contributed by atoms with van der Waals surface area (Å²) in [4.78, 5) is 28.2. The maximum Gasteiger partial charge on any atom is 0.305 e. The fourth-order valence-corrected chi connectivity index (χ4v) is 1.99. The van der Waals surface area contributed by atoms with Gasteiger partial charge in [0.05, 0.1) is 17.0 Å². The van der Waals surface area contributed by atoms with Gasteiger partial charge in [-0.2, -0.15) is 0 Å². The molecule has 0 saturated heterocycles. The van der Waals surface area contributed by atoms with Gasteiger partial charge >= 0.3 is 5.97 Å². The Kier molecular flexibility index (Phi) is 5.57. The van der Waals surface area contributed by atoms with Gasteiger partial charge in [0.25, 0.3) is 5.91 Å². The third-order valence-electron chi connectivity index (χ3n) is 2.65. The molecule has 1 heterocycles. The standard InChI is InChI=1S/C12H14Cl2N2O3/c1-3-16(7(2)4-10(17)18)12(19)8-5-9(13)11(14)15-6-8/h5-7H,3-4H2,1-2H3,(H,17,18). The first-order chi connectivity index (χ1) is 8.86. The zero-order chi connectivity index (χ0) is 14.6. The second-order valence-corrected chi connectivity index (χ2v) is 4.80. The van der Waals surface area contributed by atoms with E-state index >= 15 is 0 Å². The molecule has 19 heavy (non-hydrogen) atoms. The Hall–Kier alpha value is -1.33. The van der Waals surface area contributed by atoms with Gasteiger partial charge in [-0.1, -0.05) is 23.2 Å². The Morgan fingerprint density at radius 2 is 2.11 bits per heavy atom. The summed E-state index contributed by atoms with van der Waals surface area (Å²) in [6, 6.07) is 1.01. The highest BCUT2D eigenvalue weighted by Gasteiger charge is 2.22. The minimum Gasteiger partial charge on any atom is -0.481 e. The number of hydrogen-bond donors (Lipinski definition) is 1. The van der Waals surface area contributed by atoms with Crippen LogP contribution in [0.4, 0.5) is 0 Å². The van der Waals surface area contributed by atoms with Gasteiger partial charge in [-0.15, -0.1) is 0 Å². The second kappa shape index (κ2) is 6.73. The minimum absolute atomic E-state index is 0.117. The molecule has 1 atom stereocenters. The van der Waals surface area contributed by atoms with E-state index in [1.165, 1.54) is 17.2 Å². The first kappa shape index (κ1) is 15.7. The molecule has 1 rings (SSSR count). The Bertz CT molecular complexity index is 494. The zero-order valence-electron chi connectivity index (χ0n) is 10.6. The third kappa shape index (κ3) is 4.08. The van der Waals surface area contributed by atoms with Gasteiger partial charge in [0.2, 0.25) is 0 Å². The summed E-state index contributed by atoms with van der Waals surface area (Å²) >= 11 is 11.5. The van der Waals surface area contributed by atoms with E-state index in [2.05, 4.69) is 4.98 Å². The molecule has 0 spiro atoms. The molecular formula is C12H14Cl2N2O3. The van der Waals surface area contributed by atoms with Crippen molar-refractivity contribution in [2.45, 2.75) is 26.3 Å². The van der Waals surface area contributed by atoms with Crippen LogP contribution in [0, 0.1) is 0 Å². The van der Waals surface area contributed by atoms with E-state index in [0.29, 0.717) is 6.54 Å². The number of amides is 1. The number of halogens is 2. The van der Waals surface area contributed by atoms with Gasteiger partial charge < -0.3 is 10.0 Å². The number of rotatable bonds is 5. The third-order valence-corrected chi connectivity index (χ3v) is 3.33. The molecule has 1 amide bonds. The van der Waals surface area contributed by atoms with E-state index in [-0.39, 0.29) is 28.1 Å². The molecule has 0 saturated carbocycles. The molecular weight excluding hydrogens is 291 g/mol. The fourth-order valence-electron chi connectivity index (χ4n) is 1.72. The molecule has 0 fully saturated rings. The summed E-state index contributed by atoms with van der Waals surface area (Å²) in [6.45, 7) is 3.86. The van der Waals surface area contributed by atoms with Crippen molar-refractivity contribution in [3.63, 3.8) is 0 Å². The molecule has 1 N–H and O–H groups in total. The number of nitrogens with zero attached hydrogens (tertiary/aromatic N) is 2. The van der Waals surface area contributed by atoms with Gasteiger partial charge in [-0.3, -0.25) is 9.59 Å². The maximum atomic E-state index is 12.3. The van der Waals surface area contributed by atoms with E-state index in [1.807, 2.05) is 0 Å². The van der Waals surface area contributed by atoms with E-state index in [1.54, 1.807) is 13.8 Å². The SMILES string of the molecule is CCN(C(=O)c1cnc(Cl)c(Cl)c1)C(C)CC(=O)O. The average Bonchev–Trinajstić information content (AvgIpc) is 2.32. The van der Waals surface area contributed by atoms with Crippen LogP contribution in [-0.4, -0.2) is 39.5 Å². The Labute approximate surface area is 121 Å². The van der Waals surface area contributed by atoms with E-state index in [4.69, 9.17) is 28.3 Å². The van der Waals surface area contributed by atoms with Crippen LogP contribution in [0.2, 0.25) is 10.2 Å². The maximum absolute atomic E-state index is 12.3. The summed E-state index contributed by atoms with van der Waals surface area (Å²) in [5, 5.41) is 9.09. The topological polar surface area (TPSA) is 70.5 Å². The van der Waals surface area contributed by atoms with Crippen LogP contribution in [0.15, 0.2) is 12.3 Å².